The smallest absolute Gasteiger partial charge is 0.248 e. The van der Waals surface area contributed by atoms with Crippen LogP contribution in [0.2, 0.25) is 0 Å². The van der Waals surface area contributed by atoms with Crippen molar-refractivity contribution in [2.75, 3.05) is 5.32 Å². The molecular weight excluding hydrogens is 168 g/mol. The number of nitrogens with two attached hydrogens (primary N) is 1. The Morgan fingerprint density at radius 2 is 2.23 bits per heavy atom. The molecule has 4 heteroatoms. The van der Waals surface area contributed by atoms with Crippen molar-refractivity contribution < 1.29 is 9.59 Å². The lowest BCUT2D eigenvalue weighted by atomic mass is 10.1. The van der Waals surface area contributed by atoms with E-state index in [0.29, 0.717) is 17.7 Å². The number of anilines is 1. The Bertz CT molecular complexity index is 399. The fourth-order valence-corrected chi connectivity index (χ4v) is 1.37. The number of carbonyl (C=O) groups is 2. The van der Waals surface area contributed by atoms with Crippen molar-refractivity contribution >= 4 is 17.5 Å². The highest BCUT2D eigenvalue weighted by Crippen LogP contribution is 2.23. The van der Waals surface area contributed by atoms with E-state index in [1.165, 1.54) is 0 Å². The summed E-state index contributed by atoms with van der Waals surface area (Å²) < 4.78 is 0. The summed E-state index contributed by atoms with van der Waals surface area (Å²) in [4.78, 5) is 21.7. The number of hydrogen-bond acceptors (Lipinski definition) is 2. The SMILES string of the molecule is NC(=O)c1ccc2c(c1)NC(=O)C2. The maximum absolute atomic E-state index is 11.0. The molecule has 1 aromatic carbocycles. The number of rotatable bonds is 1. The van der Waals surface area contributed by atoms with E-state index in [9.17, 15) is 9.59 Å². The Balaban J connectivity index is 2.45. The zero-order valence-electron chi connectivity index (χ0n) is 6.83. The van der Waals surface area contributed by atoms with Gasteiger partial charge in [0, 0.05) is 11.3 Å². The molecule has 0 fully saturated rings. The molecule has 1 aliphatic rings. The standard InChI is InChI=1S/C9H8N2O2/c10-9(13)6-2-1-5-4-8(12)11-7(5)3-6/h1-3H,4H2,(H2,10,13)(H,11,12). The second-order valence-electron chi connectivity index (χ2n) is 2.96. The van der Waals surface area contributed by atoms with Crippen molar-refractivity contribution in [3.05, 3.63) is 29.3 Å². The van der Waals surface area contributed by atoms with Gasteiger partial charge in [0.1, 0.15) is 0 Å². The third kappa shape index (κ3) is 1.26. The van der Waals surface area contributed by atoms with Crippen LogP contribution in [0.1, 0.15) is 15.9 Å². The predicted octanol–water partition coefficient (Wildman–Crippen LogP) is 0.280. The number of nitrogens with one attached hydrogen (secondary N) is 1. The maximum atomic E-state index is 11.0. The topological polar surface area (TPSA) is 72.2 Å². The van der Waals surface area contributed by atoms with Gasteiger partial charge in [0.05, 0.1) is 6.42 Å². The molecule has 0 saturated carbocycles. The van der Waals surface area contributed by atoms with Gasteiger partial charge in [-0.3, -0.25) is 9.59 Å². The first kappa shape index (κ1) is 7.79. The molecular formula is C9H8N2O2. The first-order chi connectivity index (χ1) is 6.16. The monoisotopic (exact) mass is 176 g/mol. The first-order valence-corrected chi connectivity index (χ1v) is 3.89. The van der Waals surface area contributed by atoms with Gasteiger partial charge in [-0.15, -0.1) is 0 Å². The predicted molar refractivity (Wildman–Crippen MR) is 47.3 cm³/mol. The number of primary amides is 1. The van der Waals surface area contributed by atoms with E-state index in [4.69, 9.17) is 5.73 Å². The largest absolute Gasteiger partial charge is 0.366 e. The van der Waals surface area contributed by atoms with Crippen LogP contribution < -0.4 is 11.1 Å². The third-order valence-electron chi connectivity index (χ3n) is 2.02. The average molecular weight is 176 g/mol. The van der Waals surface area contributed by atoms with E-state index in [2.05, 4.69) is 5.32 Å². The van der Waals surface area contributed by atoms with Gasteiger partial charge in [-0.25, -0.2) is 0 Å². The quantitative estimate of drug-likeness (QED) is 0.645. The highest BCUT2D eigenvalue weighted by molar-refractivity contribution is 6.01. The molecule has 4 nitrogen and oxygen atoms in total. The van der Waals surface area contributed by atoms with E-state index in [1.54, 1.807) is 18.2 Å². The maximum Gasteiger partial charge on any atom is 0.248 e. The van der Waals surface area contributed by atoms with Crippen molar-refractivity contribution in [3.8, 4) is 0 Å². The van der Waals surface area contributed by atoms with Crippen molar-refractivity contribution in [1.29, 1.82) is 0 Å². The first-order valence-electron chi connectivity index (χ1n) is 3.89. The molecule has 2 amide bonds. The van der Waals surface area contributed by atoms with E-state index in [0.717, 1.165) is 5.56 Å². The van der Waals surface area contributed by atoms with Crippen molar-refractivity contribution in [2.45, 2.75) is 6.42 Å². The molecule has 0 saturated heterocycles. The lowest BCUT2D eigenvalue weighted by Gasteiger charge is -1.99. The Hall–Kier alpha value is -1.84. The van der Waals surface area contributed by atoms with E-state index in [-0.39, 0.29) is 5.91 Å². The summed E-state index contributed by atoms with van der Waals surface area (Å²) >= 11 is 0. The van der Waals surface area contributed by atoms with Crippen molar-refractivity contribution in [3.63, 3.8) is 0 Å². The molecule has 0 unspecified atom stereocenters. The van der Waals surface area contributed by atoms with Crippen LogP contribution in [0.25, 0.3) is 0 Å². The Morgan fingerprint density at radius 1 is 1.46 bits per heavy atom. The number of amides is 2. The van der Waals surface area contributed by atoms with Crippen molar-refractivity contribution in [1.82, 2.24) is 0 Å². The molecule has 1 heterocycles. The van der Waals surface area contributed by atoms with Crippen LogP contribution in [0, 0.1) is 0 Å². The molecule has 1 aromatic rings. The molecule has 66 valence electrons. The Kier molecular flexibility index (Phi) is 1.55. The van der Waals surface area contributed by atoms with Gasteiger partial charge in [-0.05, 0) is 17.7 Å². The van der Waals surface area contributed by atoms with Gasteiger partial charge in [-0.2, -0.15) is 0 Å². The lowest BCUT2D eigenvalue weighted by molar-refractivity contribution is -0.115. The number of benzene rings is 1. The number of fused-ring (bicyclic) bond motifs is 1. The average Bonchev–Trinajstić information content (AvgIpc) is 2.42. The molecule has 2 rings (SSSR count). The highest BCUT2D eigenvalue weighted by Gasteiger charge is 2.17. The van der Waals surface area contributed by atoms with Gasteiger partial charge in [0.2, 0.25) is 11.8 Å². The van der Waals surface area contributed by atoms with Crippen LogP contribution in [0.4, 0.5) is 5.69 Å². The summed E-state index contributed by atoms with van der Waals surface area (Å²) in [5.74, 6) is -0.527. The van der Waals surface area contributed by atoms with Crippen LogP contribution in [-0.2, 0) is 11.2 Å². The van der Waals surface area contributed by atoms with E-state index >= 15 is 0 Å². The zero-order chi connectivity index (χ0) is 9.42. The molecule has 0 spiro atoms. The summed E-state index contributed by atoms with van der Waals surface area (Å²) in [6, 6.07) is 4.97. The third-order valence-corrected chi connectivity index (χ3v) is 2.02. The van der Waals surface area contributed by atoms with Crippen LogP contribution in [0.3, 0.4) is 0 Å². The second kappa shape index (κ2) is 2.58. The molecule has 0 aromatic heterocycles. The van der Waals surface area contributed by atoms with Crippen LogP contribution >= 0.6 is 0 Å². The van der Waals surface area contributed by atoms with Crippen LogP contribution in [0.15, 0.2) is 18.2 Å². The lowest BCUT2D eigenvalue weighted by Crippen LogP contribution is -2.11. The number of carbonyl (C=O) groups excluding carboxylic acids is 2. The molecule has 0 bridgehead atoms. The van der Waals surface area contributed by atoms with E-state index in [1.807, 2.05) is 0 Å². The van der Waals surface area contributed by atoms with Gasteiger partial charge in [0.15, 0.2) is 0 Å². The molecule has 3 N–H and O–H groups in total. The van der Waals surface area contributed by atoms with Crippen molar-refractivity contribution in [2.24, 2.45) is 5.73 Å². The van der Waals surface area contributed by atoms with Gasteiger partial charge in [0.25, 0.3) is 0 Å². The highest BCUT2D eigenvalue weighted by atomic mass is 16.2. The van der Waals surface area contributed by atoms with Gasteiger partial charge < -0.3 is 11.1 Å². The minimum Gasteiger partial charge on any atom is -0.366 e. The summed E-state index contributed by atoms with van der Waals surface area (Å²) in [6.07, 6.45) is 0.383. The summed E-state index contributed by atoms with van der Waals surface area (Å²) in [5, 5.41) is 2.65. The molecule has 1 aliphatic heterocycles. The molecule has 13 heavy (non-hydrogen) atoms. The van der Waals surface area contributed by atoms with Gasteiger partial charge in [-0.1, -0.05) is 6.07 Å². The minimum absolute atomic E-state index is 0.0448. The Labute approximate surface area is 74.7 Å². The van der Waals surface area contributed by atoms with Crippen LogP contribution in [0.5, 0.6) is 0 Å². The van der Waals surface area contributed by atoms with Crippen LogP contribution in [-0.4, -0.2) is 11.8 Å². The van der Waals surface area contributed by atoms with E-state index < -0.39 is 5.91 Å². The Morgan fingerprint density at radius 3 is 2.92 bits per heavy atom. The fraction of sp³-hybridized carbons (Fsp3) is 0.111. The second-order valence-corrected chi connectivity index (χ2v) is 2.96. The zero-order valence-corrected chi connectivity index (χ0v) is 6.83. The summed E-state index contributed by atoms with van der Waals surface area (Å²) in [7, 11) is 0. The molecule has 0 atom stereocenters. The summed E-state index contributed by atoms with van der Waals surface area (Å²) in [5.41, 5.74) is 7.12. The summed E-state index contributed by atoms with van der Waals surface area (Å²) in [6.45, 7) is 0. The van der Waals surface area contributed by atoms with Gasteiger partial charge >= 0.3 is 0 Å². The normalized spacial score (nSPS) is 13.7. The fourth-order valence-electron chi connectivity index (χ4n) is 1.37. The number of hydrogen-bond donors (Lipinski definition) is 2. The molecule has 0 radical (unpaired) electrons. The molecule has 0 aliphatic carbocycles. The minimum atomic E-state index is -0.482.